The molecule has 3 aromatic heterocycles. The molecule has 1 aromatic carbocycles. The number of nitrogens with zero attached hydrogens (tertiary/aromatic N) is 2. The number of hydrogen-bond donors (Lipinski definition) is 1. The summed E-state index contributed by atoms with van der Waals surface area (Å²) in [7, 11) is 0. The zero-order valence-corrected chi connectivity index (χ0v) is 13.9. The molecule has 0 aliphatic heterocycles. The van der Waals surface area contributed by atoms with Crippen molar-refractivity contribution in [1.29, 1.82) is 0 Å². The Hall–Kier alpha value is -3.61. The smallest absolute Gasteiger partial charge is 0.201 e. The number of ether oxygens (including phenoxy) is 1. The van der Waals surface area contributed by atoms with Gasteiger partial charge in [0.1, 0.15) is 18.1 Å². The standard InChI is InChI=1S/C20H13F2N3O2/c21-15-3-4-16(27-11-12-5-8-23-9-6-12)18(22)17(15)19(26)14-10-25-20-13(14)2-1-7-24-20/h1-10H,11H2,(H,24,25). The van der Waals surface area contributed by atoms with Gasteiger partial charge in [0.2, 0.25) is 5.78 Å². The molecule has 0 spiro atoms. The number of benzene rings is 1. The van der Waals surface area contributed by atoms with Gasteiger partial charge in [-0.15, -0.1) is 0 Å². The fraction of sp³-hybridized carbons (Fsp3) is 0.0500. The first-order valence-corrected chi connectivity index (χ1v) is 8.11. The van der Waals surface area contributed by atoms with Crippen LogP contribution in [0.15, 0.2) is 61.2 Å². The number of H-pyrrole nitrogens is 1. The van der Waals surface area contributed by atoms with Crippen LogP contribution in [0.4, 0.5) is 8.78 Å². The molecule has 0 unspecified atom stereocenters. The first-order valence-electron chi connectivity index (χ1n) is 8.11. The number of nitrogens with one attached hydrogen (secondary N) is 1. The topological polar surface area (TPSA) is 67.9 Å². The molecule has 0 aliphatic rings. The van der Waals surface area contributed by atoms with E-state index in [1.54, 1.807) is 42.9 Å². The second-order valence-corrected chi connectivity index (χ2v) is 5.81. The molecular formula is C20H13F2N3O2. The van der Waals surface area contributed by atoms with Crippen molar-refractivity contribution in [3.05, 3.63) is 89.5 Å². The Morgan fingerprint density at radius 3 is 2.70 bits per heavy atom. The highest BCUT2D eigenvalue weighted by molar-refractivity contribution is 6.16. The van der Waals surface area contributed by atoms with Gasteiger partial charge in [0.05, 0.1) is 5.56 Å². The van der Waals surface area contributed by atoms with E-state index in [0.717, 1.165) is 11.6 Å². The minimum Gasteiger partial charge on any atom is -0.486 e. The number of carbonyl (C=O) groups excluding carboxylic acids is 1. The van der Waals surface area contributed by atoms with Gasteiger partial charge in [-0.1, -0.05) is 0 Å². The quantitative estimate of drug-likeness (QED) is 0.542. The van der Waals surface area contributed by atoms with Crippen molar-refractivity contribution in [3.63, 3.8) is 0 Å². The number of halogens is 2. The molecule has 0 amide bonds. The van der Waals surface area contributed by atoms with Gasteiger partial charge in [-0.05, 0) is 42.0 Å². The molecule has 0 fully saturated rings. The van der Waals surface area contributed by atoms with Crippen LogP contribution in [0.5, 0.6) is 5.75 Å². The lowest BCUT2D eigenvalue weighted by Gasteiger charge is -2.10. The molecule has 0 bridgehead atoms. The van der Waals surface area contributed by atoms with Crippen LogP contribution in [0.2, 0.25) is 0 Å². The van der Waals surface area contributed by atoms with Gasteiger partial charge in [-0.25, -0.2) is 13.8 Å². The third-order valence-corrected chi connectivity index (χ3v) is 4.12. The van der Waals surface area contributed by atoms with Gasteiger partial charge >= 0.3 is 0 Å². The predicted molar refractivity (Wildman–Crippen MR) is 94.5 cm³/mol. The summed E-state index contributed by atoms with van der Waals surface area (Å²) in [4.78, 5) is 23.6. The minimum absolute atomic E-state index is 0.0652. The molecule has 27 heavy (non-hydrogen) atoms. The fourth-order valence-electron chi connectivity index (χ4n) is 2.77. The lowest BCUT2D eigenvalue weighted by Crippen LogP contribution is -2.09. The number of ketones is 1. The van der Waals surface area contributed by atoms with Crippen molar-refractivity contribution in [2.45, 2.75) is 6.61 Å². The van der Waals surface area contributed by atoms with Crippen LogP contribution in [-0.2, 0) is 6.61 Å². The van der Waals surface area contributed by atoms with E-state index in [2.05, 4.69) is 15.0 Å². The summed E-state index contributed by atoms with van der Waals surface area (Å²) in [6, 6.07) is 8.92. The van der Waals surface area contributed by atoms with E-state index in [4.69, 9.17) is 4.74 Å². The molecule has 0 atom stereocenters. The van der Waals surface area contributed by atoms with E-state index in [1.807, 2.05) is 0 Å². The number of pyridine rings is 2. The van der Waals surface area contributed by atoms with E-state index in [-0.39, 0.29) is 17.9 Å². The Morgan fingerprint density at radius 2 is 1.89 bits per heavy atom. The maximum Gasteiger partial charge on any atom is 0.201 e. The summed E-state index contributed by atoms with van der Waals surface area (Å²) in [6.45, 7) is 0.0652. The number of aromatic amines is 1. The zero-order chi connectivity index (χ0) is 18.8. The molecule has 0 saturated heterocycles. The van der Waals surface area contributed by atoms with Crippen LogP contribution < -0.4 is 4.74 Å². The normalized spacial score (nSPS) is 10.9. The second kappa shape index (κ2) is 6.95. The maximum absolute atomic E-state index is 14.9. The molecule has 0 radical (unpaired) electrons. The van der Waals surface area contributed by atoms with Gasteiger partial charge in [0.15, 0.2) is 11.6 Å². The molecule has 4 rings (SSSR count). The highest BCUT2D eigenvalue weighted by atomic mass is 19.1. The molecular weight excluding hydrogens is 352 g/mol. The van der Waals surface area contributed by atoms with E-state index in [0.29, 0.717) is 11.0 Å². The first-order chi connectivity index (χ1) is 13.1. The molecule has 5 nitrogen and oxygen atoms in total. The molecule has 1 N–H and O–H groups in total. The number of rotatable bonds is 5. The molecule has 0 saturated carbocycles. The van der Waals surface area contributed by atoms with E-state index in [9.17, 15) is 13.6 Å². The Bertz CT molecular complexity index is 1130. The van der Waals surface area contributed by atoms with Crippen molar-refractivity contribution in [1.82, 2.24) is 15.0 Å². The van der Waals surface area contributed by atoms with Gasteiger partial charge in [-0.2, -0.15) is 0 Å². The molecule has 0 aliphatic carbocycles. The highest BCUT2D eigenvalue weighted by Gasteiger charge is 2.24. The predicted octanol–water partition coefficient (Wildman–Crippen LogP) is 4.05. The average Bonchev–Trinajstić information content (AvgIpc) is 3.12. The molecule has 4 aromatic rings. The summed E-state index contributed by atoms with van der Waals surface area (Å²) in [5.74, 6) is -2.97. The number of aromatic nitrogens is 3. The van der Waals surface area contributed by atoms with Crippen molar-refractivity contribution >= 4 is 16.8 Å². The summed E-state index contributed by atoms with van der Waals surface area (Å²) in [5, 5.41) is 0.490. The van der Waals surface area contributed by atoms with Crippen molar-refractivity contribution in [2.75, 3.05) is 0 Å². The summed E-state index contributed by atoms with van der Waals surface area (Å²) in [5.41, 5.74) is 0.713. The molecule has 134 valence electrons. The van der Waals surface area contributed by atoms with Gasteiger partial charge in [0, 0.05) is 35.7 Å². The van der Waals surface area contributed by atoms with E-state index >= 15 is 0 Å². The van der Waals surface area contributed by atoms with Gasteiger partial charge in [0.25, 0.3) is 0 Å². The van der Waals surface area contributed by atoms with Crippen molar-refractivity contribution in [2.24, 2.45) is 0 Å². The lowest BCUT2D eigenvalue weighted by molar-refractivity contribution is 0.103. The SMILES string of the molecule is O=C(c1c(F)ccc(OCc2ccncc2)c1F)c1c[nH]c2ncccc12. The van der Waals surface area contributed by atoms with Crippen molar-refractivity contribution < 1.29 is 18.3 Å². The van der Waals surface area contributed by atoms with Crippen LogP contribution >= 0.6 is 0 Å². The molecule has 7 heteroatoms. The van der Waals surface area contributed by atoms with Crippen molar-refractivity contribution in [3.8, 4) is 5.75 Å². The Balaban J connectivity index is 1.69. The number of fused-ring (bicyclic) bond motifs is 1. The van der Waals surface area contributed by atoms with Crippen LogP contribution in [0.3, 0.4) is 0 Å². The average molecular weight is 365 g/mol. The number of carbonyl (C=O) groups is 1. The maximum atomic E-state index is 14.9. The molecule has 3 heterocycles. The van der Waals surface area contributed by atoms with E-state index in [1.165, 1.54) is 12.3 Å². The Kier molecular flexibility index (Phi) is 4.33. The lowest BCUT2D eigenvalue weighted by atomic mass is 10.0. The summed E-state index contributed by atoms with van der Waals surface area (Å²) in [6.07, 6.45) is 6.12. The number of hydrogen-bond acceptors (Lipinski definition) is 4. The zero-order valence-electron chi connectivity index (χ0n) is 13.9. The second-order valence-electron chi connectivity index (χ2n) is 5.81. The summed E-state index contributed by atoms with van der Waals surface area (Å²) < 4.78 is 34.6. The Labute approximate surface area is 152 Å². The Morgan fingerprint density at radius 1 is 1.07 bits per heavy atom. The monoisotopic (exact) mass is 365 g/mol. The fourth-order valence-corrected chi connectivity index (χ4v) is 2.77. The van der Waals surface area contributed by atoms with Crippen LogP contribution in [0.25, 0.3) is 11.0 Å². The third-order valence-electron chi connectivity index (χ3n) is 4.12. The largest absolute Gasteiger partial charge is 0.486 e. The highest BCUT2D eigenvalue weighted by Crippen LogP contribution is 2.28. The minimum atomic E-state index is -1.03. The third kappa shape index (κ3) is 3.15. The van der Waals surface area contributed by atoms with E-state index < -0.39 is 23.0 Å². The van der Waals surface area contributed by atoms with Crippen LogP contribution in [0.1, 0.15) is 21.5 Å². The van der Waals surface area contributed by atoms with Gasteiger partial charge < -0.3 is 9.72 Å². The van der Waals surface area contributed by atoms with Crippen LogP contribution in [0, 0.1) is 11.6 Å². The van der Waals surface area contributed by atoms with Gasteiger partial charge in [-0.3, -0.25) is 9.78 Å². The van der Waals surface area contributed by atoms with Crippen LogP contribution in [-0.4, -0.2) is 20.7 Å². The first kappa shape index (κ1) is 16.8. The summed E-state index contributed by atoms with van der Waals surface area (Å²) >= 11 is 0.